The predicted octanol–water partition coefficient (Wildman–Crippen LogP) is 1.52. The van der Waals surface area contributed by atoms with E-state index in [1.165, 1.54) is 0 Å². The number of benzene rings is 1. The van der Waals surface area contributed by atoms with Gasteiger partial charge in [-0.2, -0.15) is 0 Å². The fourth-order valence-corrected chi connectivity index (χ4v) is 2.89. The molecule has 1 aliphatic heterocycles. The normalized spacial score (nSPS) is 14.8. The van der Waals surface area contributed by atoms with Crippen LogP contribution in [0.3, 0.4) is 0 Å². The number of ether oxygens (including phenoxy) is 2. The highest BCUT2D eigenvalue weighted by molar-refractivity contribution is 5.76. The highest BCUT2D eigenvalue weighted by Gasteiger charge is 2.21. The standard InChI is InChI=1S/C19H29N3O4/c1-3-26-19(24)22-13-11-21(12-14-22)10-8-18(23)20-9-7-16-5-4-6-17(15-16)25-2/h4-6,15H,3,7-14H2,1-2H3,(H,20,23). The fourth-order valence-electron chi connectivity index (χ4n) is 2.89. The fraction of sp³-hybridized carbons (Fsp3) is 0.579. The summed E-state index contributed by atoms with van der Waals surface area (Å²) in [6.45, 7) is 6.37. The van der Waals surface area contributed by atoms with Gasteiger partial charge >= 0.3 is 6.09 Å². The Bertz CT molecular complexity index is 586. The summed E-state index contributed by atoms with van der Waals surface area (Å²) in [6.07, 6.45) is 1.00. The summed E-state index contributed by atoms with van der Waals surface area (Å²) >= 11 is 0. The number of hydrogen-bond donors (Lipinski definition) is 1. The van der Waals surface area contributed by atoms with Gasteiger partial charge in [0.05, 0.1) is 13.7 Å². The highest BCUT2D eigenvalue weighted by Crippen LogP contribution is 2.12. The molecule has 0 aromatic heterocycles. The molecule has 0 unspecified atom stereocenters. The second-order valence-corrected chi connectivity index (χ2v) is 6.23. The van der Waals surface area contributed by atoms with E-state index in [1.807, 2.05) is 24.3 Å². The third-order valence-electron chi connectivity index (χ3n) is 4.42. The van der Waals surface area contributed by atoms with Crippen LogP contribution >= 0.6 is 0 Å². The summed E-state index contributed by atoms with van der Waals surface area (Å²) in [5, 5.41) is 2.96. The maximum absolute atomic E-state index is 12.0. The molecule has 1 N–H and O–H groups in total. The first-order valence-corrected chi connectivity index (χ1v) is 9.16. The molecule has 0 spiro atoms. The summed E-state index contributed by atoms with van der Waals surface area (Å²) in [5.74, 6) is 0.886. The van der Waals surface area contributed by atoms with E-state index in [1.54, 1.807) is 18.9 Å². The van der Waals surface area contributed by atoms with E-state index in [2.05, 4.69) is 10.2 Å². The number of nitrogens with one attached hydrogen (secondary N) is 1. The molecule has 0 saturated carbocycles. The molecular weight excluding hydrogens is 334 g/mol. The topological polar surface area (TPSA) is 71.1 Å². The number of amides is 2. The molecule has 1 fully saturated rings. The maximum Gasteiger partial charge on any atom is 0.409 e. The van der Waals surface area contributed by atoms with Gasteiger partial charge in [0.25, 0.3) is 0 Å². The lowest BCUT2D eigenvalue weighted by Crippen LogP contribution is -2.49. The molecule has 7 nitrogen and oxygen atoms in total. The van der Waals surface area contributed by atoms with Gasteiger partial charge in [0.2, 0.25) is 5.91 Å². The Hall–Kier alpha value is -2.28. The van der Waals surface area contributed by atoms with Gasteiger partial charge in [-0.05, 0) is 31.0 Å². The Balaban J connectivity index is 1.60. The van der Waals surface area contributed by atoms with E-state index in [0.717, 1.165) is 30.8 Å². The van der Waals surface area contributed by atoms with Crippen molar-refractivity contribution in [3.63, 3.8) is 0 Å². The molecule has 0 aliphatic carbocycles. The van der Waals surface area contributed by atoms with Gasteiger partial charge < -0.3 is 19.7 Å². The molecule has 1 heterocycles. The molecule has 144 valence electrons. The van der Waals surface area contributed by atoms with Crippen molar-refractivity contribution < 1.29 is 19.1 Å². The maximum atomic E-state index is 12.0. The Morgan fingerprint density at radius 2 is 1.96 bits per heavy atom. The zero-order valence-electron chi connectivity index (χ0n) is 15.7. The summed E-state index contributed by atoms with van der Waals surface area (Å²) < 4.78 is 10.2. The van der Waals surface area contributed by atoms with Crippen molar-refractivity contribution in [2.45, 2.75) is 19.8 Å². The smallest absolute Gasteiger partial charge is 0.409 e. The van der Waals surface area contributed by atoms with Crippen LogP contribution in [0, 0.1) is 0 Å². The number of nitrogens with zero attached hydrogens (tertiary/aromatic N) is 2. The molecule has 0 bridgehead atoms. The van der Waals surface area contributed by atoms with Crippen LogP contribution in [0.15, 0.2) is 24.3 Å². The van der Waals surface area contributed by atoms with Gasteiger partial charge in [-0.3, -0.25) is 9.69 Å². The van der Waals surface area contributed by atoms with Crippen LogP contribution in [-0.2, 0) is 16.0 Å². The second-order valence-electron chi connectivity index (χ2n) is 6.23. The first-order valence-electron chi connectivity index (χ1n) is 9.16. The molecule has 1 aromatic rings. The van der Waals surface area contributed by atoms with Gasteiger partial charge in [-0.15, -0.1) is 0 Å². The number of methoxy groups -OCH3 is 1. The minimum atomic E-state index is -0.248. The SMILES string of the molecule is CCOC(=O)N1CCN(CCC(=O)NCCc2cccc(OC)c2)CC1. The first-order chi connectivity index (χ1) is 12.6. The molecule has 0 radical (unpaired) electrons. The molecule has 26 heavy (non-hydrogen) atoms. The number of hydrogen-bond acceptors (Lipinski definition) is 5. The Kier molecular flexibility index (Phi) is 8.21. The number of piperazine rings is 1. The van der Waals surface area contributed by atoms with Gasteiger partial charge in [0, 0.05) is 45.7 Å². The van der Waals surface area contributed by atoms with Crippen molar-refractivity contribution in [2.75, 3.05) is 53.0 Å². The van der Waals surface area contributed by atoms with E-state index in [9.17, 15) is 9.59 Å². The number of carbonyl (C=O) groups excluding carboxylic acids is 2. The Morgan fingerprint density at radius 1 is 1.19 bits per heavy atom. The first kappa shape index (κ1) is 20.0. The summed E-state index contributed by atoms with van der Waals surface area (Å²) in [5.41, 5.74) is 1.14. The van der Waals surface area contributed by atoms with E-state index < -0.39 is 0 Å². The molecule has 1 saturated heterocycles. The summed E-state index contributed by atoms with van der Waals surface area (Å²) in [6, 6.07) is 7.86. The van der Waals surface area contributed by atoms with Crippen LogP contribution < -0.4 is 10.1 Å². The predicted molar refractivity (Wildman–Crippen MR) is 99.4 cm³/mol. The Morgan fingerprint density at radius 3 is 2.65 bits per heavy atom. The van der Waals surface area contributed by atoms with Crippen LogP contribution in [0.25, 0.3) is 0 Å². The van der Waals surface area contributed by atoms with Gasteiger partial charge in [0.15, 0.2) is 0 Å². The molecule has 7 heteroatoms. The highest BCUT2D eigenvalue weighted by atomic mass is 16.6. The van der Waals surface area contributed by atoms with Crippen molar-refractivity contribution in [3.8, 4) is 5.75 Å². The molecule has 1 aliphatic rings. The van der Waals surface area contributed by atoms with Crippen molar-refractivity contribution in [1.82, 2.24) is 15.1 Å². The van der Waals surface area contributed by atoms with Crippen LogP contribution in [-0.4, -0.2) is 74.8 Å². The quantitative estimate of drug-likeness (QED) is 0.758. The molecule has 0 atom stereocenters. The number of rotatable bonds is 8. The zero-order valence-corrected chi connectivity index (χ0v) is 15.7. The van der Waals surface area contributed by atoms with Gasteiger partial charge in [-0.25, -0.2) is 4.79 Å². The largest absolute Gasteiger partial charge is 0.497 e. The summed E-state index contributed by atoms with van der Waals surface area (Å²) in [7, 11) is 1.65. The van der Waals surface area contributed by atoms with Gasteiger partial charge in [-0.1, -0.05) is 12.1 Å². The second kappa shape index (κ2) is 10.7. The minimum absolute atomic E-state index is 0.0562. The van der Waals surface area contributed by atoms with E-state index in [-0.39, 0.29) is 12.0 Å². The average Bonchev–Trinajstić information content (AvgIpc) is 2.67. The molecule has 2 rings (SSSR count). The lowest BCUT2D eigenvalue weighted by Gasteiger charge is -2.33. The van der Waals surface area contributed by atoms with E-state index >= 15 is 0 Å². The van der Waals surface area contributed by atoms with Crippen molar-refractivity contribution >= 4 is 12.0 Å². The third kappa shape index (κ3) is 6.55. The molecule has 1 aromatic carbocycles. The summed E-state index contributed by atoms with van der Waals surface area (Å²) in [4.78, 5) is 27.6. The lowest BCUT2D eigenvalue weighted by molar-refractivity contribution is -0.121. The van der Waals surface area contributed by atoms with Crippen LogP contribution in [0.5, 0.6) is 5.75 Å². The monoisotopic (exact) mass is 363 g/mol. The van der Waals surface area contributed by atoms with Crippen LogP contribution in [0.2, 0.25) is 0 Å². The molecular formula is C19H29N3O4. The van der Waals surface area contributed by atoms with E-state index in [0.29, 0.717) is 39.2 Å². The van der Waals surface area contributed by atoms with Crippen molar-refractivity contribution in [1.29, 1.82) is 0 Å². The van der Waals surface area contributed by atoms with Gasteiger partial charge in [0.1, 0.15) is 5.75 Å². The lowest BCUT2D eigenvalue weighted by atomic mass is 10.1. The Labute approximate surface area is 155 Å². The zero-order chi connectivity index (χ0) is 18.8. The molecule has 2 amide bonds. The third-order valence-corrected chi connectivity index (χ3v) is 4.42. The minimum Gasteiger partial charge on any atom is -0.497 e. The number of carbonyl (C=O) groups is 2. The van der Waals surface area contributed by atoms with E-state index in [4.69, 9.17) is 9.47 Å². The van der Waals surface area contributed by atoms with Crippen molar-refractivity contribution in [2.24, 2.45) is 0 Å². The van der Waals surface area contributed by atoms with Crippen molar-refractivity contribution in [3.05, 3.63) is 29.8 Å². The van der Waals surface area contributed by atoms with Crippen LogP contribution in [0.4, 0.5) is 4.79 Å². The average molecular weight is 363 g/mol. The van der Waals surface area contributed by atoms with Crippen LogP contribution in [0.1, 0.15) is 18.9 Å².